The zero-order valence-electron chi connectivity index (χ0n) is 23.5. The Morgan fingerprint density at radius 2 is 1.61 bits per heavy atom. The highest BCUT2D eigenvalue weighted by Gasteiger charge is 2.25. The molecular weight excluding hydrogens is 524 g/mol. The molecule has 1 aromatic heterocycles. The number of carbonyl (C=O) groups excluding carboxylic acids is 1. The van der Waals surface area contributed by atoms with Gasteiger partial charge in [0.15, 0.2) is 0 Å². The number of hydrogen-bond acceptors (Lipinski definition) is 5. The van der Waals surface area contributed by atoms with Crippen molar-refractivity contribution in [3.63, 3.8) is 0 Å². The first-order valence-corrected chi connectivity index (χ1v) is 13.5. The molecule has 0 amide bonds. The normalized spacial score (nSPS) is 12.2. The van der Waals surface area contributed by atoms with E-state index in [9.17, 15) is 18.4 Å². The van der Waals surface area contributed by atoms with E-state index in [0.29, 0.717) is 30.6 Å². The van der Waals surface area contributed by atoms with Gasteiger partial charge in [0.1, 0.15) is 29.1 Å². The molecule has 0 spiro atoms. The largest absolute Gasteiger partial charge is 0.459 e. The zero-order chi connectivity index (χ0) is 29.6. The van der Waals surface area contributed by atoms with Crippen molar-refractivity contribution < 1.29 is 18.3 Å². The molecule has 0 bridgehead atoms. The molecular formula is C33H35F2N3O3. The number of carbonyl (C=O) groups is 1. The number of aromatic nitrogens is 1. The van der Waals surface area contributed by atoms with E-state index in [1.165, 1.54) is 22.8 Å². The van der Waals surface area contributed by atoms with Crippen LogP contribution in [0.5, 0.6) is 0 Å². The van der Waals surface area contributed by atoms with Crippen molar-refractivity contribution in [2.75, 3.05) is 12.3 Å². The topological polar surface area (TPSA) is 86.3 Å². The second-order valence-electron chi connectivity index (χ2n) is 11.0. The summed E-state index contributed by atoms with van der Waals surface area (Å²) in [5.74, 6) is -1.43. The lowest BCUT2D eigenvalue weighted by molar-refractivity contribution is -0.157. The molecule has 0 unspecified atom stereocenters. The summed E-state index contributed by atoms with van der Waals surface area (Å²) < 4.78 is 34.5. The standard InChI is InChI=1S/C33H35F2N3O3/c1-33(2,3)41-32(40)29(19-23-7-5-4-6-8-23)37-18-17-22-9-14-27(15-10-22)38-30(39)16-12-25(31(38)36)20-24-11-13-26(34)21-28(24)35/h4-16,21,29,37H,17-20,36H2,1-3H3/t29-/m0/s1. The monoisotopic (exact) mass is 559 g/mol. The summed E-state index contributed by atoms with van der Waals surface area (Å²) in [6, 6.07) is 23.0. The second-order valence-corrected chi connectivity index (χ2v) is 11.0. The van der Waals surface area contributed by atoms with Crippen molar-refractivity contribution in [3.8, 4) is 5.69 Å². The van der Waals surface area contributed by atoms with Gasteiger partial charge >= 0.3 is 5.97 Å². The first-order chi connectivity index (χ1) is 19.5. The number of nitrogens with two attached hydrogens (primary N) is 1. The molecule has 41 heavy (non-hydrogen) atoms. The number of anilines is 1. The van der Waals surface area contributed by atoms with Gasteiger partial charge < -0.3 is 15.8 Å². The fourth-order valence-corrected chi connectivity index (χ4v) is 4.54. The average molecular weight is 560 g/mol. The van der Waals surface area contributed by atoms with E-state index in [4.69, 9.17) is 10.5 Å². The van der Waals surface area contributed by atoms with Crippen LogP contribution in [-0.4, -0.2) is 28.7 Å². The Morgan fingerprint density at radius 3 is 2.27 bits per heavy atom. The summed E-state index contributed by atoms with van der Waals surface area (Å²) in [7, 11) is 0. The summed E-state index contributed by atoms with van der Waals surface area (Å²) in [6.45, 7) is 6.08. The zero-order valence-corrected chi connectivity index (χ0v) is 23.5. The molecule has 0 radical (unpaired) electrons. The molecule has 0 aliphatic heterocycles. The third kappa shape index (κ3) is 8.11. The Bertz CT molecular complexity index is 1550. The van der Waals surface area contributed by atoms with Crippen molar-refractivity contribution in [1.82, 2.24) is 9.88 Å². The minimum Gasteiger partial charge on any atom is -0.459 e. The highest BCUT2D eigenvalue weighted by Crippen LogP contribution is 2.21. The lowest BCUT2D eigenvalue weighted by Gasteiger charge is -2.25. The summed E-state index contributed by atoms with van der Waals surface area (Å²) in [6.07, 6.45) is 1.27. The Labute approximate surface area is 238 Å². The molecule has 3 aromatic carbocycles. The number of benzene rings is 3. The van der Waals surface area contributed by atoms with Crippen LogP contribution in [0, 0.1) is 11.6 Å². The maximum Gasteiger partial charge on any atom is 0.323 e. The first-order valence-electron chi connectivity index (χ1n) is 13.5. The van der Waals surface area contributed by atoms with Gasteiger partial charge in [0, 0.05) is 18.6 Å². The van der Waals surface area contributed by atoms with Crippen LogP contribution in [-0.2, 0) is 28.8 Å². The van der Waals surface area contributed by atoms with Crippen LogP contribution in [0.25, 0.3) is 5.69 Å². The third-order valence-electron chi connectivity index (χ3n) is 6.59. The van der Waals surface area contributed by atoms with Gasteiger partial charge in [0.2, 0.25) is 0 Å². The summed E-state index contributed by atoms with van der Waals surface area (Å²) in [5, 5.41) is 3.34. The second kappa shape index (κ2) is 12.9. The number of rotatable bonds is 10. The molecule has 0 saturated carbocycles. The van der Waals surface area contributed by atoms with Crippen molar-refractivity contribution in [2.45, 2.75) is 51.7 Å². The van der Waals surface area contributed by atoms with Gasteiger partial charge in [0.05, 0.1) is 5.69 Å². The third-order valence-corrected chi connectivity index (χ3v) is 6.59. The van der Waals surface area contributed by atoms with Gasteiger partial charge in [-0.05, 0) is 86.7 Å². The van der Waals surface area contributed by atoms with Gasteiger partial charge in [-0.3, -0.25) is 14.2 Å². The Hall–Kier alpha value is -4.30. The number of nitrogens with one attached hydrogen (secondary N) is 1. The molecule has 8 heteroatoms. The van der Waals surface area contributed by atoms with Gasteiger partial charge in [-0.1, -0.05) is 48.5 Å². The van der Waals surface area contributed by atoms with E-state index < -0.39 is 23.3 Å². The lowest BCUT2D eigenvalue weighted by atomic mass is 10.0. The van der Waals surface area contributed by atoms with Crippen molar-refractivity contribution in [3.05, 3.63) is 129 Å². The maximum atomic E-state index is 14.2. The Morgan fingerprint density at radius 1 is 0.927 bits per heavy atom. The summed E-state index contributed by atoms with van der Waals surface area (Å²) in [4.78, 5) is 25.6. The Kier molecular flexibility index (Phi) is 9.35. The smallest absolute Gasteiger partial charge is 0.323 e. The van der Waals surface area contributed by atoms with Crippen molar-refractivity contribution >= 4 is 11.8 Å². The molecule has 214 valence electrons. The first kappa shape index (κ1) is 29.7. The predicted octanol–water partition coefficient (Wildman–Crippen LogP) is 5.37. The molecule has 3 N–H and O–H groups in total. The predicted molar refractivity (Wildman–Crippen MR) is 157 cm³/mol. The molecule has 0 aliphatic carbocycles. The fraction of sp³-hybridized carbons (Fsp3) is 0.273. The van der Waals surface area contributed by atoms with Crippen LogP contribution in [0.4, 0.5) is 14.6 Å². The molecule has 0 aliphatic rings. The molecule has 1 atom stereocenters. The molecule has 1 heterocycles. The lowest BCUT2D eigenvalue weighted by Crippen LogP contribution is -2.43. The average Bonchev–Trinajstić information content (AvgIpc) is 2.91. The van der Waals surface area contributed by atoms with Crippen molar-refractivity contribution in [2.24, 2.45) is 0 Å². The van der Waals surface area contributed by atoms with Crippen LogP contribution < -0.4 is 16.6 Å². The highest BCUT2D eigenvalue weighted by atomic mass is 19.1. The van der Waals surface area contributed by atoms with E-state index in [1.54, 1.807) is 18.2 Å². The van der Waals surface area contributed by atoms with Crippen LogP contribution in [0.1, 0.15) is 43.0 Å². The minimum atomic E-state index is -0.669. The van der Waals surface area contributed by atoms with Crippen molar-refractivity contribution in [1.29, 1.82) is 0 Å². The molecule has 0 fully saturated rings. The number of nitrogens with zero attached hydrogens (tertiary/aromatic N) is 1. The molecule has 4 aromatic rings. The van der Waals surface area contributed by atoms with E-state index in [2.05, 4.69) is 5.32 Å². The number of nitrogen functional groups attached to an aromatic ring is 1. The van der Waals surface area contributed by atoms with Gasteiger partial charge in [-0.15, -0.1) is 0 Å². The summed E-state index contributed by atoms with van der Waals surface area (Å²) >= 11 is 0. The van der Waals surface area contributed by atoms with Crippen LogP contribution in [0.3, 0.4) is 0 Å². The molecule has 6 nitrogen and oxygen atoms in total. The SMILES string of the molecule is CC(C)(C)OC(=O)[C@H](Cc1ccccc1)NCCc1ccc(-n2c(N)c(Cc3ccc(F)cc3F)ccc2=O)cc1. The van der Waals surface area contributed by atoms with Gasteiger partial charge in [0.25, 0.3) is 5.56 Å². The number of hydrogen-bond donors (Lipinski definition) is 2. The quantitative estimate of drug-likeness (QED) is 0.255. The van der Waals surface area contributed by atoms with E-state index in [0.717, 1.165) is 17.2 Å². The van der Waals surface area contributed by atoms with E-state index in [1.807, 2.05) is 63.2 Å². The highest BCUT2D eigenvalue weighted by molar-refractivity contribution is 5.76. The van der Waals surface area contributed by atoms with E-state index in [-0.39, 0.29) is 29.3 Å². The maximum absolute atomic E-state index is 14.2. The van der Waals surface area contributed by atoms with Crippen LogP contribution in [0.15, 0.2) is 89.7 Å². The van der Waals surface area contributed by atoms with Crippen LogP contribution >= 0.6 is 0 Å². The van der Waals surface area contributed by atoms with Gasteiger partial charge in [-0.2, -0.15) is 0 Å². The molecule has 0 saturated heterocycles. The number of esters is 1. The minimum absolute atomic E-state index is 0.115. The number of pyridine rings is 1. The van der Waals surface area contributed by atoms with Gasteiger partial charge in [-0.25, -0.2) is 8.78 Å². The Balaban J connectivity index is 1.45. The van der Waals surface area contributed by atoms with Crippen LogP contribution in [0.2, 0.25) is 0 Å². The summed E-state index contributed by atoms with van der Waals surface area (Å²) in [5.41, 5.74) is 8.87. The number of halogens is 2. The fourth-order valence-electron chi connectivity index (χ4n) is 4.54. The number of ether oxygens (including phenoxy) is 1. The van der Waals surface area contributed by atoms with E-state index >= 15 is 0 Å². The molecule has 4 rings (SSSR count).